The number of halogens is 1. The molecule has 9 heteroatoms. The van der Waals surface area contributed by atoms with Gasteiger partial charge >= 0.3 is 0 Å². The van der Waals surface area contributed by atoms with Crippen LogP contribution in [0.4, 0.5) is 0 Å². The zero-order valence-corrected chi connectivity index (χ0v) is 16.0. The van der Waals surface area contributed by atoms with Crippen molar-refractivity contribution in [1.29, 1.82) is 0 Å². The van der Waals surface area contributed by atoms with Crippen LogP contribution in [0, 0.1) is 5.41 Å². The molecule has 0 unspecified atom stereocenters. The van der Waals surface area contributed by atoms with Crippen LogP contribution in [-0.2, 0) is 20.8 Å². The van der Waals surface area contributed by atoms with Gasteiger partial charge in [-0.25, -0.2) is 0 Å². The van der Waals surface area contributed by atoms with E-state index in [1.807, 2.05) is 6.07 Å². The number of ether oxygens (including phenoxy) is 2. The number of aliphatic hydroxyl groups is 4. The third-order valence-corrected chi connectivity index (χ3v) is 4.84. The molecule has 2 rings (SSSR count). The second-order valence-corrected chi connectivity index (χ2v) is 7.57. The van der Waals surface area contributed by atoms with Crippen molar-refractivity contribution >= 4 is 17.5 Å². The molecule has 0 aromatic heterocycles. The summed E-state index contributed by atoms with van der Waals surface area (Å²) in [5.74, 6) is -0.299. The summed E-state index contributed by atoms with van der Waals surface area (Å²) in [5, 5.41) is 42.0. The van der Waals surface area contributed by atoms with Gasteiger partial charge < -0.3 is 35.2 Å². The number of nitrogens with one attached hydrogen (secondary N) is 1. The minimum absolute atomic E-state index is 0.121. The lowest BCUT2D eigenvalue weighted by Crippen LogP contribution is -2.59. The molecule has 0 radical (unpaired) electrons. The maximum atomic E-state index is 12.5. The van der Waals surface area contributed by atoms with E-state index >= 15 is 0 Å². The molecule has 1 aliphatic heterocycles. The molecular formula is C18H26ClNO7. The predicted molar refractivity (Wildman–Crippen MR) is 96.8 cm³/mol. The number of carbonyl (C=O) groups excluding carboxylic acids is 1. The van der Waals surface area contributed by atoms with Gasteiger partial charge in [-0.3, -0.25) is 4.79 Å². The first-order valence-electron chi connectivity index (χ1n) is 8.61. The molecular weight excluding hydrogens is 378 g/mol. The highest BCUT2D eigenvalue weighted by Gasteiger charge is 2.44. The second-order valence-electron chi connectivity index (χ2n) is 7.17. The standard InChI is InChI=1S/C18H26ClNO7/c1-18(2,17(25)20-7-10-5-3-4-6-11(10)19)9-26-16-15(24)14(23)13(22)12(8-21)27-16/h3-6,12-16,21-24H,7-9H2,1-2H3,(H,20,25)/t12-,13-,14+,15-,16-/m1/s1. The Balaban J connectivity index is 1.91. The molecule has 0 spiro atoms. The average Bonchev–Trinajstić information content (AvgIpc) is 2.64. The van der Waals surface area contributed by atoms with Crippen LogP contribution in [0.5, 0.6) is 0 Å². The lowest BCUT2D eigenvalue weighted by molar-refractivity contribution is -0.304. The number of rotatable bonds is 7. The van der Waals surface area contributed by atoms with Crippen LogP contribution in [0.3, 0.4) is 0 Å². The molecule has 1 aromatic carbocycles. The highest BCUT2D eigenvalue weighted by Crippen LogP contribution is 2.25. The highest BCUT2D eigenvalue weighted by molar-refractivity contribution is 6.31. The van der Waals surface area contributed by atoms with Gasteiger partial charge in [-0.15, -0.1) is 0 Å². The lowest BCUT2D eigenvalue weighted by Gasteiger charge is -2.40. The van der Waals surface area contributed by atoms with E-state index in [-0.39, 0.29) is 19.1 Å². The van der Waals surface area contributed by atoms with Crippen molar-refractivity contribution in [3.63, 3.8) is 0 Å². The van der Waals surface area contributed by atoms with Gasteiger partial charge in [0, 0.05) is 11.6 Å². The van der Waals surface area contributed by atoms with Crippen LogP contribution >= 0.6 is 11.6 Å². The zero-order valence-electron chi connectivity index (χ0n) is 15.2. The molecule has 1 heterocycles. The van der Waals surface area contributed by atoms with E-state index in [4.69, 9.17) is 21.1 Å². The van der Waals surface area contributed by atoms with Crippen LogP contribution in [0.25, 0.3) is 0 Å². The van der Waals surface area contributed by atoms with E-state index < -0.39 is 42.7 Å². The molecule has 0 saturated carbocycles. The van der Waals surface area contributed by atoms with Crippen molar-refractivity contribution < 1.29 is 34.7 Å². The maximum Gasteiger partial charge on any atom is 0.228 e. The van der Waals surface area contributed by atoms with Crippen LogP contribution in [0.1, 0.15) is 19.4 Å². The molecule has 8 nitrogen and oxygen atoms in total. The first kappa shape index (κ1) is 22.0. The molecule has 1 amide bonds. The van der Waals surface area contributed by atoms with E-state index in [0.29, 0.717) is 5.02 Å². The Hall–Kier alpha value is -1.26. The Kier molecular flexibility index (Phi) is 7.58. The van der Waals surface area contributed by atoms with Crippen molar-refractivity contribution in [2.45, 2.75) is 51.1 Å². The van der Waals surface area contributed by atoms with Gasteiger partial charge in [-0.2, -0.15) is 0 Å². The van der Waals surface area contributed by atoms with Crippen LogP contribution in [-0.4, -0.2) is 70.3 Å². The van der Waals surface area contributed by atoms with Crippen LogP contribution in [0.2, 0.25) is 5.02 Å². The Morgan fingerprint density at radius 3 is 2.52 bits per heavy atom. The van der Waals surface area contributed by atoms with Gasteiger partial charge in [-0.1, -0.05) is 29.8 Å². The monoisotopic (exact) mass is 403 g/mol. The number of benzene rings is 1. The van der Waals surface area contributed by atoms with E-state index in [1.165, 1.54) is 0 Å². The summed E-state index contributed by atoms with van der Waals surface area (Å²) in [5.41, 5.74) is -0.196. The van der Waals surface area contributed by atoms with E-state index in [9.17, 15) is 25.2 Å². The lowest BCUT2D eigenvalue weighted by atomic mass is 9.93. The minimum Gasteiger partial charge on any atom is -0.394 e. The van der Waals surface area contributed by atoms with Crippen molar-refractivity contribution in [2.75, 3.05) is 13.2 Å². The molecule has 5 N–H and O–H groups in total. The third kappa shape index (κ3) is 5.39. The SMILES string of the molecule is CC(C)(CO[C@@H]1O[C@H](CO)[C@@H](O)[C@H](O)[C@H]1O)C(=O)NCc1ccccc1Cl. The summed E-state index contributed by atoms with van der Waals surface area (Å²) in [6.45, 7) is 2.89. The zero-order chi connectivity index (χ0) is 20.2. The fourth-order valence-corrected chi connectivity index (χ4v) is 2.82. The summed E-state index contributed by atoms with van der Waals surface area (Å²) in [7, 11) is 0. The van der Waals surface area contributed by atoms with Gasteiger partial charge in [0.25, 0.3) is 0 Å². The molecule has 1 aliphatic rings. The first-order chi connectivity index (χ1) is 12.7. The normalized spacial score (nSPS) is 28.8. The number of carbonyl (C=O) groups is 1. The highest BCUT2D eigenvalue weighted by atomic mass is 35.5. The minimum atomic E-state index is -1.53. The van der Waals surface area contributed by atoms with Gasteiger partial charge in [0.05, 0.1) is 18.6 Å². The Morgan fingerprint density at radius 1 is 1.22 bits per heavy atom. The van der Waals surface area contributed by atoms with Crippen LogP contribution in [0.15, 0.2) is 24.3 Å². The van der Waals surface area contributed by atoms with E-state index in [1.54, 1.807) is 32.0 Å². The van der Waals surface area contributed by atoms with E-state index in [2.05, 4.69) is 5.32 Å². The van der Waals surface area contributed by atoms with Crippen molar-refractivity contribution in [3.05, 3.63) is 34.9 Å². The number of hydrogen-bond acceptors (Lipinski definition) is 7. The second kappa shape index (κ2) is 9.29. The fourth-order valence-electron chi connectivity index (χ4n) is 2.62. The Morgan fingerprint density at radius 2 is 1.89 bits per heavy atom. The number of amides is 1. The molecule has 0 aliphatic carbocycles. The van der Waals surface area contributed by atoms with Crippen molar-refractivity contribution in [3.8, 4) is 0 Å². The first-order valence-corrected chi connectivity index (χ1v) is 8.99. The summed E-state index contributed by atoms with van der Waals surface area (Å²) in [4.78, 5) is 12.5. The van der Waals surface area contributed by atoms with Crippen molar-refractivity contribution in [1.82, 2.24) is 5.32 Å². The smallest absolute Gasteiger partial charge is 0.228 e. The molecule has 152 valence electrons. The fraction of sp³-hybridized carbons (Fsp3) is 0.611. The van der Waals surface area contributed by atoms with E-state index in [0.717, 1.165) is 5.56 Å². The summed E-state index contributed by atoms with van der Waals surface area (Å²) in [6, 6.07) is 7.16. The molecule has 1 fully saturated rings. The quantitative estimate of drug-likeness (QED) is 0.426. The summed E-state index contributed by atoms with van der Waals surface area (Å²) < 4.78 is 10.7. The maximum absolute atomic E-state index is 12.5. The predicted octanol–water partition coefficient (Wildman–Crippen LogP) is -0.201. The van der Waals surface area contributed by atoms with Gasteiger partial charge in [0.15, 0.2) is 6.29 Å². The number of hydrogen-bond donors (Lipinski definition) is 5. The van der Waals surface area contributed by atoms with Gasteiger partial charge in [-0.05, 0) is 25.5 Å². The van der Waals surface area contributed by atoms with Gasteiger partial charge in [0.1, 0.15) is 24.4 Å². The van der Waals surface area contributed by atoms with Crippen LogP contribution < -0.4 is 5.32 Å². The molecule has 0 bridgehead atoms. The molecule has 5 atom stereocenters. The Bertz CT molecular complexity index is 640. The molecule has 1 aromatic rings. The summed E-state index contributed by atoms with van der Waals surface area (Å²) >= 11 is 6.07. The van der Waals surface area contributed by atoms with Gasteiger partial charge in [0.2, 0.25) is 5.91 Å². The largest absolute Gasteiger partial charge is 0.394 e. The summed E-state index contributed by atoms with van der Waals surface area (Å²) in [6.07, 6.45) is -6.85. The topological polar surface area (TPSA) is 128 Å². The third-order valence-electron chi connectivity index (χ3n) is 4.47. The Labute approximate surface area is 162 Å². The molecule has 1 saturated heterocycles. The number of aliphatic hydroxyl groups excluding tert-OH is 4. The van der Waals surface area contributed by atoms with Crippen molar-refractivity contribution in [2.24, 2.45) is 5.41 Å². The average molecular weight is 404 g/mol. The molecule has 27 heavy (non-hydrogen) atoms.